The molecule has 1 aromatic carbocycles. The molecule has 0 spiro atoms. The van der Waals surface area contributed by atoms with Crippen molar-refractivity contribution in [2.75, 3.05) is 34.9 Å². The van der Waals surface area contributed by atoms with E-state index in [1.807, 2.05) is 32.0 Å². The fourth-order valence-electron chi connectivity index (χ4n) is 10.1. The van der Waals surface area contributed by atoms with Crippen molar-refractivity contribution in [1.29, 1.82) is 0 Å². The average Bonchev–Trinajstić information content (AvgIpc) is 3.67. The monoisotopic (exact) mass is 922 g/mol. The highest BCUT2D eigenvalue weighted by molar-refractivity contribution is 5.86. The van der Waals surface area contributed by atoms with Crippen LogP contribution in [0.5, 0.6) is 0 Å². The third-order valence-electron chi connectivity index (χ3n) is 14.4. The number of cyclic esters (lactones) is 1. The molecule has 5 rings (SSSR count). The molecule has 0 radical (unpaired) electrons. The molecule has 5 N–H and O–H groups in total. The van der Waals surface area contributed by atoms with Gasteiger partial charge >= 0.3 is 5.97 Å². The molecule has 3 aliphatic rings. The second-order valence-corrected chi connectivity index (χ2v) is 19.7. The summed E-state index contributed by atoms with van der Waals surface area (Å²) < 4.78 is 49.8. The van der Waals surface area contributed by atoms with Gasteiger partial charge in [0.05, 0.1) is 54.1 Å². The van der Waals surface area contributed by atoms with Crippen LogP contribution in [0.25, 0.3) is 11.0 Å². The van der Waals surface area contributed by atoms with Crippen LogP contribution in [0.15, 0.2) is 28.8 Å². The van der Waals surface area contributed by atoms with E-state index < -0.39 is 113 Å². The molecule has 0 saturated carbocycles. The van der Waals surface area contributed by atoms with Gasteiger partial charge in [0.15, 0.2) is 18.2 Å². The van der Waals surface area contributed by atoms with Gasteiger partial charge in [-0.25, -0.2) is 0 Å². The molecule has 3 saturated heterocycles. The molecule has 3 aliphatic heterocycles. The molecule has 8 unspecified atom stereocenters. The molecular weight excluding hydrogens is 847 g/mol. The largest absolute Gasteiger partial charge is 0.459 e. The number of ether oxygens (including phenoxy) is 7. The number of amides is 1. The molecule has 2 aromatic rings. The first-order valence-electron chi connectivity index (χ1n) is 22.9. The Bertz CT molecular complexity index is 1910. The summed E-state index contributed by atoms with van der Waals surface area (Å²) in [5, 5.41) is 54.4. The summed E-state index contributed by atoms with van der Waals surface area (Å²) in [5.41, 5.74) is -3.66. The SMILES string of the molecule is COC1(C)CC(O[C@H]2[C@H](C)[C@@H](OC3OC(C)CC(N(C)C)C3O)[C@](C)(OC)C[C@@H](C)C(=O)[C@H](C)[C@@H](O)[C@](C)(O)[C@@H](CCNC(=O)Cc3noc4ccccc34)OC(=O)[C@@H]2C)OC(C)C1O. The number of rotatable bonds is 12. The molecule has 1 aromatic heterocycles. The van der Waals surface area contributed by atoms with E-state index in [-0.39, 0.29) is 44.4 Å². The van der Waals surface area contributed by atoms with Gasteiger partial charge in [-0.2, -0.15) is 0 Å². The number of aromatic nitrogens is 1. The quantitative estimate of drug-likeness (QED) is 0.193. The number of nitrogens with zero attached hydrogens (tertiary/aromatic N) is 2. The minimum atomic E-state index is -2.20. The Morgan fingerprint density at radius 2 is 1.57 bits per heavy atom. The summed E-state index contributed by atoms with van der Waals surface area (Å²) in [4.78, 5) is 44.2. The topological polar surface area (TPSA) is 238 Å². The molecule has 18 heteroatoms. The fourth-order valence-corrected chi connectivity index (χ4v) is 10.1. The van der Waals surface area contributed by atoms with Crippen molar-refractivity contribution >= 4 is 28.6 Å². The van der Waals surface area contributed by atoms with E-state index in [9.17, 15) is 34.8 Å². The Morgan fingerprint density at radius 3 is 2.22 bits per heavy atom. The van der Waals surface area contributed by atoms with Crippen LogP contribution in [-0.2, 0) is 54.0 Å². The molecular formula is C47H75N3O15. The Kier molecular flexibility index (Phi) is 17.4. The van der Waals surface area contributed by atoms with Crippen molar-refractivity contribution in [1.82, 2.24) is 15.4 Å². The van der Waals surface area contributed by atoms with Crippen LogP contribution in [0, 0.1) is 23.7 Å². The van der Waals surface area contributed by atoms with E-state index in [1.165, 1.54) is 28.1 Å². The Balaban J connectivity index is 1.54. The lowest BCUT2D eigenvalue weighted by molar-refractivity contribution is -0.319. The number of ketones is 1. The van der Waals surface area contributed by atoms with Crippen LogP contribution in [0.3, 0.4) is 0 Å². The fraction of sp³-hybridized carbons (Fsp3) is 0.787. The number of benzene rings is 1. The number of hydrogen-bond acceptors (Lipinski definition) is 17. The first-order chi connectivity index (χ1) is 30.4. The highest BCUT2D eigenvalue weighted by Crippen LogP contribution is 2.42. The second kappa shape index (κ2) is 21.4. The molecule has 18 nitrogen and oxygen atoms in total. The summed E-state index contributed by atoms with van der Waals surface area (Å²) >= 11 is 0. The maximum Gasteiger partial charge on any atom is 0.311 e. The minimum absolute atomic E-state index is 0.0404. The number of likely N-dealkylation sites (N-methyl/N-ethyl adjacent to an activating group) is 1. The summed E-state index contributed by atoms with van der Waals surface area (Å²) in [6.07, 6.45) is -10.3. The van der Waals surface area contributed by atoms with E-state index >= 15 is 0 Å². The number of carbonyl (C=O) groups excluding carboxylic acids is 3. The number of nitrogens with one attached hydrogen (secondary N) is 1. The van der Waals surface area contributed by atoms with Crippen LogP contribution in [-0.4, -0.2) is 167 Å². The Morgan fingerprint density at radius 1 is 0.908 bits per heavy atom. The van der Waals surface area contributed by atoms with Gasteiger partial charge < -0.3 is 68.3 Å². The van der Waals surface area contributed by atoms with Crippen LogP contribution in [0.2, 0.25) is 0 Å². The van der Waals surface area contributed by atoms with Gasteiger partial charge in [-0.1, -0.05) is 38.1 Å². The maximum absolute atomic E-state index is 14.7. The van der Waals surface area contributed by atoms with Crippen molar-refractivity contribution in [2.45, 2.75) is 179 Å². The zero-order valence-corrected chi connectivity index (χ0v) is 40.4. The molecule has 65 heavy (non-hydrogen) atoms. The molecule has 0 aliphatic carbocycles. The van der Waals surface area contributed by atoms with E-state index in [4.69, 9.17) is 37.7 Å². The van der Waals surface area contributed by atoms with Crippen molar-refractivity contribution in [3.63, 3.8) is 0 Å². The standard InChI is InChI=1S/C47H75N3O15/c1-24-22-46(8,59-13)42(64-44-38(53)32(50(10)11)20-25(2)60-44)27(4)39(63-36-23-45(7,58-12)41(55)29(6)61-36)28(5)43(56)62-34(47(9,57)40(54)26(3)37(24)52)18-19-48-35(51)21-31-30-16-14-15-17-33(30)65-49-31/h14-17,24-29,32,34,36,38-42,44,53-55,57H,18-23H2,1-13H3,(H,48,51)/t24-,25?,26+,27+,28-,29?,32?,34-,36?,38?,39+,40-,41?,42-,44?,45?,46-,47-/m1/s1. The number of fused-ring (bicyclic) bond motifs is 1. The summed E-state index contributed by atoms with van der Waals surface area (Å²) in [7, 11) is 6.69. The van der Waals surface area contributed by atoms with Crippen molar-refractivity contribution in [3.8, 4) is 0 Å². The number of aliphatic hydroxyl groups is 4. The van der Waals surface area contributed by atoms with Gasteiger partial charge in [-0.05, 0) is 80.6 Å². The number of hydrogen-bond donors (Lipinski definition) is 5. The van der Waals surface area contributed by atoms with Gasteiger partial charge in [0.25, 0.3) is 0 Å². The number of Topliss-reactive ketones (excluding diaryl/α,β-unsaturated/α-hetero) is 1. The first kappa shape index (κ1) is 52.8. The van der Waals surface area contributed by atoms with Gasteiger partial charge in [0, 0.05) is 62.8 Å². The number of aliphatic hydroxyl groups excluding tert-OH is 3. The predicted molar refractivity (Wildman–Crippen MR) is 236 cm³/mol. The van der Waals surface area contributed by atoms with E-state index in [1.54, 1.807) is 59.7 Å². The molecule has 368 valence electrons. The van der Waals surface area contributed by atoms with Gasteiger partial charge in [-0.3, -0.25) is 14.4 Å². The van der Waals surface area contributed by atoms with Gasteiger partial charge in [0.2, 0.25) is 5.91 Å². The normalized spacial score (nSPS) is 41.5. The third-order valence-corrected chi connectivity index (χ3v) is 14.4. The van der Waals surface area contributed by atoms with Gasteiger partial charge in [-0.15, -0.1) is 0 Å². The number of esters is 1. The molecule has 4 heterocycles. The van der Waals surface area contributed by atoms with E-state index in [2.05, 4.69) is 10.5 Å². The van der Waals surface area contributed by atoms with Crippen molar-refractivity contribution < 1.29 is 72.5 Å². The number of methoxy groups -OCH3 is 2. The molecule has 18 atom stereocenters. The molecule has 0 bridgehead atoms. The lowest BCUT2D eigenvalue weighted by Crippen LogP contribution is -2.61. The van der Waals surface area contributed by atoms with Crippen LogP contribution < -0.4 is 5.32 Å². The average molecular weight is 922 g/mol. The lowest BCUT2D eigenvalue weighted by Gasteiger charge is -2.50. The summed E-state index contributed by atoms with van der Waals surface area (Å²) in [5.74, 6) is -5.56. The van der Waals surface area contributed by atoms with Crippen LogP contribution in [0.4, 0.5) is 0 Å². The Labute approximate surface area is 382 Å². The molecule has 1 amide bonds. The highest BCUT2D eigenvalue weighted by atomic mass is 16.7. The zero-order valence-electron chi connectivity index (χ0n) is 40.4. The first-order valence-corrected chi connectivity index (χ1v) is 22.9. The highest BCUT2D eigenvalue weighted by Gasteiger charge is 2.54. The Hall–Kier alpha value is -3.14. The van der Waals surface area contributed by atoms with Crippen LogP contribution in [0.1, 0.15) is 93.7 Å². The lowest BCUT2D eigenvalue weighted by atomic mass is 9.73. The second-order valence-electron chi connectivity index (χ2n) is 19.7. The summed E-state index contributed by atoms with van der Waals surface area (Å²) in [6.45, 7) is 14.9. The predicted octanol–water partition coefficient (Wildman–Crippen LogP) is 2.92. The third kappa shape index (κ3) is 11.6. The number of para-hydroxylation sites is 1. The van der Waals surface area contributed by atoms with E-state index in [0.717, 1.165) is 0 Å². The van der Waals surface area contributed by atoms with Crippen LogP contribution >= 0.6 is 0 Å². The summed E-state index contributed by atoms with van der Waals surface area (Å²) in [6, 6.07) is 6.81. The molecule has 3 fully saturated rings. The van der Waals surface area contributed by atoms with Gasteiger partial charge in [0.1, 0.15) is 35.4 Å². The zero-order chi connectivity index (χ0) is 48.3. The number of carbonyl (C=O) groups is 3. The van der Waals surface area contributed by atoms with E-state index in [0.29, 0.717) is 23.1 Å². The maximum atomic E-state index is 14.7. The smallest absolute Gasteiger partial charge is 0.311 e. The van der Waals surface area contributed by atoms with Crippen molar-refractivity contribution in [2.24, 2.45) is 23.7 Å². The van der Waals surface area contributed by atoms with Crippen molar-refractivity contribution in [3.05, 3.63) is 30.0 Å². The minimum Gasteiger partial charge on any atom is -0.459 e.